The van der Waals surface area contributed by atoms with E-state index >= 15 is 0 Å². The van der Waals surface area contributed by atoms with Crippen LogP contribution in [0.25, 0.3) is 0 Å². The summed E-state index contributed by atoms with van der Waals surface area (Å²) >= 11 is 4.52. The summed E-state index contributed by atoms with van der Waals surface area (Å²) in [4.78, 5) is 12.7. The average molecular weight is 612 g/mol. The van der Waals surface area contributed by atoms with Gasteiger partial charge in [0, 0.05) is 16.7 Å². The summed E-state index contributed by atoms with van der Waals surface area (Å²) in [5, 5.41) is 0. The molecule has 150 valence electrons. The van der Waals surface area contributed by atoms with Crippen molar-refractivity contribution >= 4 is 51.2 Å². The molecule has 0 aromatic heterocycles. The molecule has 2 aliphatic heterocycles. The van der Waals surface area contributed by atoms with E-state index in [1.54, 1.807) is 0 Å². The highest BCUT2D eigenvalue weighted by Gasteiger charge is 2.53. The Morgan fingerprint density at radius 3 is 1.72 bits per heavy atom. The van der Waals surface area contributed by atoms with Crippen molar-refractivity contribution in [2.75, 3.05) is 0 Å². The lowest BCUT2D eigenvalue weighted by molar-refractivity contribution is 0.0223. The van der Waals surface area contributed by atoms with Crippen molar-refractivity contribution in [3.05, 3.63) is 90.1 Å². The molecule has 0 bridgehead atoms. The van der Waals surface area contributed by atoms with E-state index in [1.165, 1.54) is 0 Å². The Morgan fingerprint density at radius 1 is 0.690 bits per heavy atom. The van der Waals surface area contributed by atoms with Gasteiger partial charge in [0.25, 0.3) is 0 Å². The van der Waals surface area contributed by atoms with Gasteiger partial charge in [-0.25, -0.2) is 4.79 Å². The molecular weight excluding hydrogens is 590 g/mol. The van der Waals surface area contributed by atoms with Gasteiger partial charge in [-0.2, -0.15) is 0 Å². The number of hydrogen-bond acceptors (Lipinski definition) is 3. The third-order valence-corrected chi connectivity index (χ3v) is 6.37. The molecule has 0 fully saturated rings. The highest BCUT2D eigenvalue weighted by atomic mass is 127. The van der Waals surface area contributed by atoms with Gasteiger partial charge in [0.15, 0.2) is 5.60 Å². The van der Waals surface area contributed by atoms with Crippen LogP contribution < -0.4 is 4.74 Å². The molecule has 0 unspecified atom stereocenters. The molecule has 0 aliphatic carbocycles. The minimum absolute atomic E-state index is 0.299. The van der Waals surface area contributed by atoms with Crippen LogP contribution in [0, 0.1) is 7.14 Å². The molecule has 0 radical (unpaired) electrons. The van der Waals surface area contributed by atoms with Gasteiger partial charge in [-0.3, -0.25) is 0 Å². The maximum Gasteiger partial charge on any atom is 0.340 e. The van der Waals surface area contributed by atoms with E-state index < -0.39 is 5.60 Å². The number of fused-ring (bicyclic) bond motifs is 6. The quantitative estimate of drug-likeness (QED) is 0.195. The van der Waals surface area contributed by atoms with Crippen molar-refractivity contribution in [3.8, 4) is 11.5 Å². The molecule has 0 saturated carbocycles. The minimum Gasteiger partial charge on any atom is -0.454 e. The lowest BCUT2D eigenvalue weighted by Gasteiger charge is -2.37. The van der Waals surface area contributed by atoms with Crippen LogP contribution in [0.5, 0.6) is 11.5 Å². The fourth-order valence-corrected chi connectivity index (χ4v) is 4.86. The van der Waals surface area contributed by atoms with Crippen molar-refractivity contribution in [2.24, 2.45) is 0 Å². The smallest absolute Gasteiger partial charge is 0.340 e. The number of carbonyl (C=O) groups excluding carboxylic acids is 1. The molecule has 5 heteroatoms. The van der Waals surface area contributed by atoms with Crippen LogP contribution in [0.1, 0.15) is 54.7 Å². The SMILES string of the molecule is CC.CC.O=C1OC2(c3ccccc31)c1cccc(I)c1Oc1c(I)cccc12. The number of halogens is 2. The Kier molecular flexibility index (Phi) is 6.88. The highest BCUT2D eigenvalue weighted by Crippen LogP contribution is 2.57. The first-order chi connectivity index (χ1) is 14.1. The topological polar surface area (TPSA) is 35.5 Å². The second kappa shape index (κ2) is 9.04. The first-order valence-electron chi connectivity index (χ1n) is 9.71. The number of para-hydroxylation sites is 2. The van der Waals surface area contributed by atoms with Crippen LogP contribution >= 0.6 is 45.2 Å². The number of esters is 1. The Labute approximate surface area is 199 Å². The lowest BCUT2D eigenvalue weighted by atomic mass is 9.78. The van der Waals surface area contributed by atoms with Crippen molar-refractivity contribution in [1.82, 2.24) is 0 Å². The second-order valence-electron chi connectivity index (χ2n) is 5.95. The number of ether oxygens (including phenoxy) is 2. The van der Waals surface area contributed by atoms with Crippen molar-refractivity contribution < 1.29 is 14.3 Å². The van der Waals surface area contributed by atoms with Gasteiger partial charge >= 0.3 is 5.97 Å². The number of hydrogen-bond donors (Lipinski definition) is 0. The summed E-state index contributed by atoms with van der Waals surface area (Å²) in [6, 6.07) is 19.5. The predicted molar refractivity (Wildman–Crippen MR) is 133 cm³/mol. The van der Waals surface area contributed by atoms with Gasteiger partial charge in [-0.15, -0.1) is 0 Å². The van der Waals surface area contributed by atoms with Gasteiger partial charge in [-0.1, -0.05) is 70.2 Å². The maximum absolute atomic E-state index is 12.7. The van der Waals surface area contributed by atoms with Crippen LogP contribution in [-0.2, 0) is 10.3 Å². The lowest BCUT2D eigenvalue weighted by Crippen LogP contribution is -2.33. The summed E-state index contributed by atoms with van der Waals surface area (Å²) < 4.78 is 14.3. The summed E-state index contributed by atoms with van der Waals surface area (Å²) in [5.74, 6) is 1.21. The standard InChI is InChI=1S/C20H10I2O3.2C2H6/c21-15-9-3-7-13-17(15)24-18-14(8-4-10-16(18)22)20(13)12-6-2-1-5-11(12)19(23)25-20;2*1-2/h1-10H;2*1-2H3. The Morgan fingerprint density at radius 2 is 1.17 bits per heavy atom. The van der Waals surface area contributed by atoms with Crippen molar-refractivity contribution in [2.45, 2.75) is 33.3 Å². The zero-order valence-corrected chi connectivity index (χ0v) is 21.1. The second-order valence-corrected chi connectivity index (χ2v) is 8.28. The third kappa shape index (κ3) is 3.36. The molecular formula is C24H22I2O3. The molecule has 3 nitrogen and oxygen atoms in total. The Bertz CT molecular complexity index is 1010. The Balaban J connectivity index is 0.000000568. The molecule has 5 rings (SSSR count). The molecule has 3 aromatic rings. The zero-order chi connectivity index (χ0) is 21.2. The normalized spacial score (nSPS) is 14.1. The number of benzene rings is 3. The molecule has 0 N–H and O–H groups in total. The van der Waals surface area contributed by atoms with Crippen molar-refractivity contribution in [1.29, 1.82) is 0 Å². The van der Waals surface area contributed by atoms with Crippen LogP contribution in [0.2, 0.25) is 0 Å². The van der Waals surface area contributed by atoms with Crippen LogP contribution in [-0.4, -0.2) is 5.97 Å². The van der Waals surface area contributed by atoms with E-state index in [2.05, 4.69) is 45.2 Å². The molecule has 2 aliphatic rings. The Hall–Kier alpha value is -1.61. The molecule has 0 amide bonds. The van der Waals surface area contributed by atoms with E-state index in [0.29, 0.717) is 5.56 Å². The predicted octanol–water partition coefficient (Wildman–Crippen LogP) is 7.52. The van der Waals surface area contributed by atoms with Crippen LogP contribution in [0.4, 0.5) is 0 Å². The van der Waals surface area contributed by atoms with Crippen LogP contribution in [0.15, 0.2) is 60.7 Å². The molecule has 0 atom stereocenters. The monoisotopic (exact) mass is 612 g/mol. The maximum atomic E-state index is 12.7. The molecule has 1 spiro atoms. The fraction of sp³-hybridized carbons (Fsp3) is 0.208. The summed E-state index contributed by atoms with van der Waals surface area (Å²) in [6.07, 6.45) is 0. The van der Waals surface area contributed by atoms with E-state index in [4.69, 9.17) is 9.47 Å². The molecule has 2 heterocycles. The zero-order valence-electron chi connectivity index (χ0n) is 16.8. The van der Waals surface area contributed by atoms with Gasteiger partial charge in [0.05, 0.1) is 12.7 Å². The van der Waals surface area contributed by atoms with E-state index in [0.717, 1.165) is 35.3 Å². The average Bonchev–Trinajstić information content (AvgIpc) is 3.06. The minimum atomic E-state index is -0.959. The fourth-order valence-electron chi connectivity index (χ4n) is 3.64. The highest BCUT2D eigenvalue weighted by molar-refractivity contribution is 14.1. The van der Waals surface area contributed by atoms with Crippen LogP contribution in [0.3, 0.4) is 0 Å². The van der Waals surface area contributed by atoms with Gasteiger partial charge in [0.2, 0.25) is 0 Å². The summed E-state index contributed by atoms with van der Waals surface area (Å²) in [5.41, 5.74) is 2.26. The number of rotatable bonds is 0. The van der Waals surface area contributed by atoms with E-state index in [9.17, 15) is 4.79 Å². The van der Waals surface area contributed by atoms with E-state index in [1.807, 2.05) is 88.4 Å². The first kappa shape index (κ1) is 22.1. The third-order valence-electron chi connectivity index (χ3n) is 4.67. The van der Waals surface area contributed by atoms with Gasteiger partial charge in [-0.05, 0) is 63.4 Å². The summed E-state index contributed by atoms with van der Waals surface area (Å²) in [7, 11) is 0. The largest absolute Gasteiger partial charge is 0.454 e. The molecule has 0 saturated heterocycles. The number of carbonyl (C=O) groups is 1. The van der Waals surface area contributed by atoms with Crippen molar-refractivity contribution in [3.63, 3.8) is 0 Å². The van der Waals surface area contributed by atoms with Gasteiger partial charge < -0.3 is 9.47 Å². The van der Waals surface area contributed by atoms with Gasteiger partial charge in [0.1, 0.15) is 11.5 Å². The molecule has 29 heavy (non-hydrogen) atoms. The summed E-state index contributed by atoms with van der Waals surface area (Å²) in [6.45, 7) is 8.00. The first-order valence-corrected chi connectivity index (χ1v) is 11.9. The molecule has 3 aromatic carbocycles. The van der Waals surface area contributed by atoms with E-state index in [-0.39, 0.29) is 5.97 Å².